The first-order valence-electron chi connectivity index (χ1n) is 8.83. The molecule has 2 rings (SSSR count). The van der Waals surface area contributed by atoms with Gasteiger partial charge in [-0.2, -0.15) is 0 Å². The predicted molar refractivity (Wildman–Crippen MR) is 106 cm³/mol. The maximum absolute atomic E-state index is 12.7. The number of ether oxygens (including phenoxy) is 3. The Balaban J connectivity index is 0.00000364. The molecule has 1 aromatic rings. The highest BCUT2D eigenvalue weighted by molar-refractivity contribution is 5.97. The van der Waals surface area contributed by atoms with Gasteiger partial charge >= 0.3 is 5.97 Å². The molecule has 0 heterocycles. The van der Waals surface area contributed by atoms with E-state index in [1.807, 2.05) is 0 Å². The Morgan fingerprint density at radius 2 is 1.78 bits per heavy atom. The molecule has 1 saturated carbocycles. The summed E-state index contributed by atoms with van der Waals surface area (Å²) >= 11 is 0. The molecule has 27 heavy (non-hydrogen) atoms. The zero-order valence-corrected chi connectivity index (χ0v) is 16.9. The molecule has 0 aliphatic heterocycles. The number of rotatable bonds is 7. The second-order valence-corrected chi connectivity index (χ2v) is 6.74. The van der Waals surface area contributed by atoms with Gasteiger partial charge in [0.25, 0.3) is 0 Å². The van der Waals surface area contributed by atoms with Gasteiger partial charge in [0.2, 0.25) is 5.91 Å². The van der Waals surface area contributed by atoms with E-state index in [0.717, 1.165) is 25.7 Å². The van der Waals surface area contributed by atoms with Gasteiger partial charge in [0, 0.05) is 6.42 Å². The van der Waals surface area contributed by atoms with Crippen molar-refractivity contribution in [2.24, 2.45) is 11.1 Å². The average Bonchev–Trinajstić information content (AvgIpc) is 2.67. The molecule has 0 saturated heterocycles. The topological polar surface area (TPSA) is 99.9 Å². The van der Waals surface area contributed by atoms with Crippen LogP contribution in [0.3, 0.4) is 0 Å². The van der Waals surface area contributed by atoms with Crippen molar-refractivity contribution in [3.8, 4) is 11.5 Å². The molecule has 7 nitrogen and oxygen atoms in total. The molecule has 0 atom stereocenters. The maximum Gasteiger partial charge on any atom is 0.338 e. The highest BCUT2D eigenvalue weighted by Crippen LogP contribution is 2.40. The molecule has 0 bridgehead atoms. The van der Waals surface area contributed by atoms with E-state index in [0.29, 0.717) is 30.2 Å². The molecule has 1 aromatic carbocycles. The van der Waals surface area contributed by atoms with Crippen LogP contribution in [-0.2, 0) is 9.53 Å². The number of nitrogens with two attached hydrogens (primary N) is 1. The van der Waals surface area contributed by atoms with Gasteiger partial charge in [-0.25, -0.2) is 4.79 Å². The number of carbonyl (C=O) groups is 2. The third kappa shape index (κ3) is 5.49. The number of carbonyl (C=O) groups excluding carboxylic acids is 2. The SMILES string of the molecule is COC(=O)c1cc(NC(=O)CC2(CN)CCCCC2)c(OC)c(OC)c1.Cl. The van der Waals surface area contributed by atoms with Gasteiger partial charge in [-0.05, 0) is 36.9 Å². The van der Waals surface area contributed by atoms with Crippen LogP contribution in [0.4, 0.5) is 5.69 Å². The second-order valence-electron chi connectivity index (χ2n) is 6.74. The number of hydrogen-bond acceptors (Lipinski definition) is 6. The van der Waals surface area contributed by atoms with Crippen molar-refractivity contribution in [2.75, 3.05) is 33.2 Å². The fourth-order valence-corrected chi connectivity index (χ4v) is 3.58. The summed E-state index contributed by atoms with van der Waals surface area (Å²) in [4.78, 5) is 24.6. The van der Waals surface area contributed by atoms with E-state index in [9.17, 15) is 9.59 Å². The van der Waals surface area contributed by atoms with Crippen molar-refractivity contribution >= 4 is 30.0 Å². The normalized spacial score (nSPS) is 15.3. The summed E-state index contributed by atoms with van der Waals surface area (Å²) in [5, 5.41) is 2.85. The summed E-state index contributed by atoms with van der Waals surface area (Å²) in [6.07, 6.45) is 5.64. The Morgan fingerprint density at radius 1 is 1.11 bits per heavy atom. The van der Waals surface area contributed by atoms with E-state index in [2.05, 4.69) is 5.32 Å². The van der Waals surface area contributed by atoms with Crippen LogP contribution in [0.1, 0.15) is 48.9 Å². The molecular weight excluding hydrogens is 372 g/mol. The molecular formula is C19H29ClN2O5. The van der Waals surface area contributed by atoms with Gasteiger partial charge < -0.3 is 25.3 Å². The number of esters is 1. The van der Waals surface area contributed by atoms with E-state index >= 15 is 0 Å². The zero-order chi connectivity index (χ0) is 19.2. The highest BCUT2D eigenvalue weighted by atomic mass is 35.5. The van der Waals surface area contributed by atoms with Crippen LogP contribution in [0, 0.1) is 5.41 Å². The number of nitrogens with one attached hydrogen (secondary N) is 1. The monoisotopic (exact) mass is 400 g/mol. The van der Waals surface area contributed by atoms with Crippen LogP contribution in [0.25, 0.3) is 0 Å². The molecule has 1 amide bonds. The molecule has 152 valence electrons. The van der Waals surface area contributed by atoms with Crippen molar-refractivity contribution in [2.45, 2.75) is 38.5 Å². The number of anilines is 1. The summed E-state index contributed by atoms with van der Waals surface area (Å²) in [6.45, 7) is 0.489. The first-order valence-corrected chi connectivity index (χ1v) is 8.83. The smallest absolute Gasteiger partial charge is 0.338 e. The molecule has 0 aromatic heterocycles. The maximum atomic E-state index is 12.7. The molecule has 1 aliphatic carbocycles. The average molecular weight is 401 g/mol. The largest absolute Gasteiger partial charge is 0.493 e. The first kappa shape index (κ1) is 23.0. The Hall–Kier alpha value is -1.99. The number of methoxy groups -OCH3 is 3. The molecule has 8 heteroatoms. The minimum Gasteiger partial charge on any atom is -0.493 e. The zero-order valence-electron chi connectivity index (χ0n) is 16.1. The molecule has 0 unspecified atom stereocenters. The lowest BCUT2D eigenvalue weighted by atomic mass is 9.71. The summed E-state index contributed by atoms with van der Waals surface area (Å²) in [5.41, 5.74) is 6.47. The van der Waals surface area contributed by atoms with Crippen LogP contribution in [0.5, 0.6) is 11.5 Å². The minimum atomic E-state index is -0.521. The third-order valence-electron chi connectivity index (χ3n) is 5.06. The van der Waals surface area contributed by atoms with E-state index < -0.39 is 5.97 Å². The van der Waals surface area contributed by atoms with Crippen LogP contribution in [-0.4, -0.2) is 39.8 Å². The molecule has 0 radical (unpaired) electrons. The third-order valence-corrected chi connectivity index (χ3v) is 5.06. The molecule has 1 fully saturated rings. The van der Waals surface area contributed by atoms with Gasteiger partial charge in [-0.1, -0.05) is 19.3 Å². The lowest BCUT2D eigenvalue weighted by Gasteiger charge is -2.35. The van der Waals surface area contributed by atoms with E-state index in [1.165, 1.54) is 39.9 Å². The number of hydrogen-bond donors (Lipinski definition) is 2. The van der Waals surface area contributed by atoms with Crippen molar-refractivity contribution in [1.29, 1.82) is 0 Å². The summed E-state index contributed by atoms with van der Waals surface area (Å²) < 4.78 is 15.4. The molecule has 0 spiro atoms. The fourth-order valence-electron chi connectivity index (χ4n) is 3.58. The van der Waals surface area contributed by atoms with E-state index in [-0.39, 0.29) is 29.3 Å². The minimum absolute atomic E-state index is 0. The Kier molecular flexibility index (Phi) is 8.85. The quantitative estimate of drug-likeness (QED) is 0.682. The van der Waals surface area contributed by atoms with Crippen LogP contribution in [0.2, 0.25) is 0 Å². The lowest BCUT2D eigenvalue weighted by molar-refractivity contribution is -0.118. The Labute approximate surface area is 166 Å². The van der Waals surface area contributed by atoms with E-state index in [4.69, 9.17) is 19.9 Å². The number of halogens is 1. The van der Waals surface area contributed by atoms with Crippen molar-refractivity contribution in [3.63, 3.8) is 0 Å². The Morgan fingerprint density at radius 3 is 2.30 bits per heavy atom. The summed E-state index contributed by atoms with van der Waals surface area (Å²) in [5.74, 6) is 0.0303. The first-order chi connectivity index (χ1) is 12.5. The Bertz CT molecular complexity index is 660. The highest BCUT2D eigenvalue weighted by Gasteiger charge is 2.33. The van der Waals surface area contributed by atoms with Gasteiger partial charge in [0.05, 0.1) is 32.6 Å². The second kappa shape index (κ2) is 10.4. The standard InChI is InChI=1S/C19H28N2O5.ClH/c1-24-15-10-13(18(23)26-3)9-14(17(15)25-2)21-16(22)11-19(12-20)7-5-4-6-8-19;/h9-10H,4-8,11-12,20H2,1-3H3,(H,21,22);1H. The number of benzene rings is 1. The van der Waals surface area contributed by atoms with E-state index in [1.54, 1.807) is 0 Å². The fraction of sp³-hybridized carbons (Fsp3) is 0.579. The van der Waals surface area contributed by atoms with Crippen molar-refractivity contribution in [1.82, 2.24) is 0 Å². The molecule has 1 aliphatic rings. The molecule has 3 N–H and O–H groups in total. The summed E-state index contributed by atoms with van der Waals surface area (Å²) in [6, 6.07) is 3.05. The van der Waals surface area contributed by atoms with Gasteiger partial charge in [0.1, 0.15) is 0 Å². The van der Waals surface area contributed by atoms with Crippen LogP contribution in [0.15, 0.2) is 12.1 Å². The number of amides is 1. The van der Waals surface area contributed by atoms with Crippen LogP contribution >= 0.6 is 12.4 Å². The van der Waals surface area contributed by atoms with Gasteiger partial charge in [0.15, 0.2) is 11.5 Å². The van der Waals surface area contributed by atoms with Crippen LogP contribution < -0.4 is 20.5 Å². The van der Waals surface area contributed by atoms with Crippen molar-refractivity contribution in [3.05, 3.63) is 17.7 Å². The van der Waals surface area contributed by atoms with Crippen molar-refractivity contribution < 1.29 is 23.8 Å². The predicted octanol–water partition coefficient (Wildman–Crippen LogP) is 3.15. The van der Waals surface area contributed by atoms with Gasteiger partial charge in [-0.3, -0.25) is 4.79 Å². The summed E-state index contributed by atoms with van der Waals surface area (Å²) in [7, 11) is 4.25. The van der Waals surface area contributed by atoms with Gasteiger partial charge in [-0.15, -0.1) is 12.4 Å². The lowest BCUT2D eigenvalue weighted by Crippen LogP contribution is -2.36.